The highest BCUT2D eigenvalue weighted by atomic mass is 16.5. The maximum atomic E-state index is 12.5. The van der Waals surface area contributed by atoms with Gasteiger partial charge in [0.1, 0.15) is 5.75 Å². The molecule has 0 unspecified atom stereocenters. The molecule has 1 heterocycles. The molecule has 3 rings (SSSR count). The van der Waals surface area contributed by atoms with Crippen LogP contribution in [0.5, 0.6) is 5.75 Å². The lowest BCUT2D eigenvalue weighted by atomic mass is 10.1. The Kier molecular flexibility index (Phi) is 7.62. The molecule has 1 saturated heterocycles. The van der Waals surface area contributed by atoms with Crippen LogP contribution in [-0.2, 0) is 11.3 Å². The second-order valence-electron chi connectivity index (χ2n) is 7.25. The fourth-order valence-corrected chi connectivity index (χ4v) is 3.35. The fourth-order valence-electron chi connectivity index (χ4n) is 3.35. The number of anilines is 1. The number of carbonyl (C=O) groups excluding carboxylic acids is 1. The van der Waals surface area contributed by atoms with E-state index < -0.39 is 0 Å². The zero-order valence-corrected chi connectivity index (χ0v) is 16.9. The maximum Gasteiger partial charge on any atom is 0.238 e. The van der Waals surface area contributed by atoms with E-state index in [4.69, 9.17) is 10.00 Å². The van der Waals surface area contributed by atoms with E-state index in [0.717, 1.165) is 50.6 Å². The molecule has 0 saturated carbocycles. The Bertz CT molecular complexity index is 837. The number of nitriles is 1. The van der Waals surface area contributed by atoms with Crippen molar-refractivity contribution in [2.45, 2.75) is 19.9 Å². The molecular weight excluding hydrogens is 364 g/mol. The third kappa shape index (κ3) is 6.31. The van der Waals surface area contributed by atoms with Crippen LogP contribution < -0.4 is 10.1 Å². The van der Waals surface area contributed by atoms with E-state index >= 15 is 0 Å². The predicted molar refractivity (Wildman–Crippen MR) is 114 cm³/mol. The molecule has 29 heavy (non-hydrogen) atoms. The maximum absolute atomic E-state index is 12.5. The number of hydrogen-bond donors (Lipinski definition) is 1. The van der Waals surface area contributed by atoms with Gasteiger partial charge in [-0.05, 0) is 36.2 Å². The van der Waals surface area contributed by atoms with Crippen LogP contribution in [-0.4, -0.2) is 55.0 Å². The molecule has 152 valence electrons. The van der Waals surface area contributed by atoms with Crippen LogP contribution in [0.2, 0.25) is 0 Å². The van der Waals surface area contributed by atoms with E-state index in [1.165, 1.54) is 5.56 Å². The SMILES string of the molecule is CCCOc1ccccc1NC(=O)CN1CCN(Cc2ccc(C#N)cc2)CC1. The molecule has 1 N–H and O–H groups in total. The van der Waals surface area contributed by atoms with Gasteiger partial charge in [0.15, 0.2) is 0 Å². The van der Waals surface area contributed by atoms with Gasteiger partial charge in [-0.2, -0.15) is 5.26 Å². The zero-order valence-electron chi connectivity index (χ0n) is 16.9. The minimum atomic E-state index is -0.0157. The Morgan fingerprint density at radius 1 is 1.07 bits per heavy atom. The van der Waals surface area contributed by atoms with Crippen molar-refractivity contribution < 1.29 is 9.53 Å². The number of carbonyl (C=O) groups is 1. The Morgan fingerprint density at radius 3 is 2.45 bits per heavy atom. The smallest absolute Gasteiger partial charge is 0.238 e. The lowest BCUT2D eigenvalue weighted by Crippen LogP contribution is -2.48. The van der Waals surface area contributed by atoms with Crippen LogP contribution in [0.1, 0.15) is 24.5 Å². The molecule has 1 fully saturated rings. The molecule has 0 aliphatic carbocycles. The van der Waals surface area contributed by atoms with Crippen molar-refractivity contribution in [2.24, 2.45) is 0 Å². The summed E-state index contributed by atoms with van der Waals surface area (Å²) in [5.74, 6) is 0.702. The Morgan fingerprint density at radius 2 is 1.76 bits per heavy atom. The minimum Gasteiger partial charge on any atom is -0.491 e. The number of nitrogens with zero attached hydrogens (tertiary/aromatic N) is 3. The molecule has 1 amide bonds. The number of amides is 1. The molecule has 0 spiro atoms. The quantitative estimate of drug-likeness (QED) is 0.748. The van der Waals surface area contributed by atoms with Gasteiger partial charge >= 0.3 is 0 Å². The Labute approximate surface area is 172 Å². The number of rotatable bonds is 8. The average molecular weight is 393 g/mol. The number of ether oxygens (including phenoxy) is 1. The monoisotopic (exact) mass is 392 g/mol. The lowest BCUT2D eigenvalue weighted by molar-refractivity contribution is -0.117. The molecular formula is C23H28N4O2. The van der Waals surface area contributed by atoms with E-state index in [1.807, 2.05) is 48.5 Å². The first-order valence-corrected chi connectivity index (χ1v) is 10.1. The molecule has 0 atom stereocenters. The van der Waals surface area contributed by atoms with Gasteiger partial charge in [-0.1, -0.05) is 31.2 Å². The molecule has 0 radical (unpaired) electrons. The topological polar surface area (TPSA) is 68.6 Å². The molecule has 0 bridgehead atoms. The van der Waals surface area contributed by atoms with Crippen LogP contribution in [0.25, 0.3) is 0 Å². The van der Waals surface area contributed by atoms with Crippen LogP contribution in [0.4, 0.5) is 5.69 Å². The number of para-hydroxylation sites is 2. The normalized spacial score (nSPS) is 14.9. The molecule has 6 heteroatoms. The molecule has 6 nitrogen and oxygen atoms in total. The van der Waals surface area contributed by atoms with Gasteiger partial charge in [0.2, 0.25) is 5.91 Å². The van der Waals surface area contributed by atoms with E-state index in [1.54, 1.807) is 0 Å². The Hall–Kier alpha value is -2.88. The van der Waals surface area contributed by atoms with Crippen LogP contribution in [0.15, 0.2) is 48.5 Å². The summed E-state index contributed by atoms with van der Waals surface area (Å²) in [6.07, 6.45) is 0.926. The van der Waals surface area contributed by atoms with Crippen molar-refractivity contribution >= 4 is 11.6 Å². The van der Waals surface area contributed by atoms with Crippen LogP contribution in [0.3, 0.4) is 0 Å². The van der Waals surface area contributed by atoms with Gasteiger partial charge in [-0.3, -0.25) is 14.6 Å². The molecule has 2 aromatic rings. The third-order valence-corrected chi connectivity index (χ3v) is 4.94. The molecule has 1 aliphatic heterocycles. The summed E-state index contributed by atoms with van der Waals surface area (Å²) in [6, 6.07) is 17.5. The molecule has 2 aromatic carbocycles. The van der Waals surface area contributed by atoms with E-state index in [-0.39, 0.29) is 5.91 Å². The van der Waals surface area contributed by atoms with Crippen LogP contribution in [0, 0.1) is 11.3 Å². The first-order valence-electron chi connectivity index (χ1n) is 10.1. The standard InChI is InChI=1S/C23H28N4O2/c1-2-15-29-22-6-4-3-5-21(22)25-23(28)18-27-13-11-26(12-14-27)17-20-9-7-19(16-24)8-10-20/h3-10H,2,11-15,17-18H2,1H3,(H,25,28). The van der Waals surface area contributed by atoms with E-state index in [0.29, 0.717) is 18.7 Å². The summed E-state index contributed by atoms with van der Waals surface area (Å²) in [7, 11) is 0. The number of benzene rings is 2. The molecule has 0 aromatic heterocycles. The highest BCUT2D eigenvalue weighted by Crippen LogP contribution is 2.23. The van der Waals surface area contributed by atoms with Gasteiger partial charge in [-0.15, -0.1) is 0 Å². The van der Waals surface area contributed by atoms with Gasteiger partial charge < -0.3 is 10.1 Å². The first kappa shape index (κ1) is 20.8. The summed E-state index contributed by atoms with van der Waals surface area (Å²) in [6.45, 7) is 7.50. The average Bonchev–Trinajstić information content (AvgIpc) is 2.75. The van der Waals surface area contributed by atoms with Crippen molar-refractivity contribution in [3.05, 3.63) is 59.7 Å². The van der Waals surface area contributed by atoms with Crippen molar-refractivity contribution in [2.75, 3.05) is 44.6 Å². The summed E-state index contributed by atoms with van der Waals surface area (Å²) in [4.78, 5) is 17.1. The van der Waals surface area contributed by atoms with Crippen molar-refractivity contribution in [3.8, 4) is 11.8 Å². The van der Waals surface area contributed by atoms with Crippen LogP contribution >= 0.6 is 0 Å². The Balaban J connectivity index is 1.44. The van der Waals surface area contributed by atoms with Crippen molar-refractivity contribution in [1.29, 1.82) is 5.26 Å². The highest BCUT2D eigenvalue weighted by Gasteiger charge is 2.19. The number of piperazine rings is 1. The van der Waals surface area contributed by atoms with Gasteiger partial charge in [0, 0.05) is 32.7 Å². The number of nitrogens with one attached hydrogen (secondary N) is 1. The summed E-state index contributed by atoms with van der Waals surface area (Å²) in [5.41, 5.74) is 2.62. The predicted octanol–water partition coefficient (Wildman–Crippen LogP) is 3.10. The summed E-state index contributed by atoms with van der Waals surface area (Å²) >= 11 is 0. The minimum absolute atomic E-state index is 0.0157. The molecule has 1 aliphatic rings. The fraction of sp³-hybridized carbons (Fsp3) is 0.391. The van der Waals surface area contributed by atoms with Crippen molar-refractivity contribution in [1.82, 2.24) is 9.80 Å². The van der Waals surface area contributed by atoms with E-state index in [2.05, 4.69) is 28.1 Å². The lowest BCUT2D eigenvalue weighted by Gasteiger charge is -2.34. The summed E-state index contributed by atoms with van der Waals surface area (Å²) in [5, 5.41) is 11.9. The third-order valence-electron chi connectivity index (χ3n) is 4.94. The zero-order chi connectivity index (χ0) is 20.5. The largest absolute Gasteiger partial charge is 0.491 e. The number of hydrogen-bond acceptors (Lipinski definition) is 5. The van der Waals surface area contributed by atoms with Gasteiger partial charge in [-0.25, -0.2) is 0 Å². The van der Waals surface area contributed by atoms with E-state index in [9.17, 15) is 4.79 Å². The summed E-state index contributed by atoms with van der Waals surface area (Å²) < 4.78 is 5.71. The first-order chi connectivity index (χ1) is 14.2. The van der Waals surface area contributed by atoms with Crippen molar-refractivity contribution in [3.63, 3.8) is 0 Å². The second-order valence-corrected chi connectivity index (χ2v) is 7.25. The van der Waals surface area contributed by atoms with Gasteiger partial charge in [0.05, 0.1) is 30.5 Å². The second kappa shape index (κ2) is 10.6. The highest BCUT2D eigenvalue weighted by molar-refractivity contribution is 5.93. The van der Waals surface area contributed by atoms with Gasteiger partial charge in [0.25, 0.3) is 0 Å².